The van der Waals surface area contributed by atoms with Gasteiger partial charge in [0.15, 0.2) is 0 Å². The molecule has 1 radical (unpaired) electrons. The first kappa shape index (κ1) is 7.41. The predicted octanol–water partition coefficient (Wildman–Crippen LogP) is -0.778. The number of rotatable bonds is 3. The average Bonchev–Trinajstić information content (AvgIpc) is 1.69. The Hall–Kier alpha value is 0.410. The average molecular weight is 106 g/mol. The van der Waals surface area contributed by atoms with Crippen LogP contribution in [-0.4, -0.2) is 34.0 Å². The quantitative estimate of drug-likeness (QED) is 0.345. The van der Waals surface area contributed by atoms with Crippen molar-refractivity contribution in [2.24, 2.45) is 0 Å². The van der Waals surface area contributed by atoms with Crippen molar-refractivity contribution < 1.29 is 4.10 Å². The van der Waals surface area contributed by atoms with Crippen LogP contribution in [-0.2, 0) is 4.10 Å². The molecule has 0 amide bonds. The molecule has 0 aliphatic carbocycles. The standard InChI is InChI=1S/CH3B4OS/c1-7-6-5-4-3-2/h1H3. The molecule has 0 saturated carbocycles. The van der Waals surface area contributed by atoms with Crippen molar-refractivity contribution in [3.05, 3.63) is 0 Å². The van der Waals surface area contributed by atoms with E-state index in [9.17, 15) is 0 Å². The van der Waals surface area contributed by atoms with Crippen LogP contribution < -0.4 is 0 Å². The van der Waals surface area contributed by atoms with Gasteiger partial charge in [-0.3, -0.25) is 0 Å². The molecule has 0 aromatic carbocycles. The van der Waals surface area contributed by atoms with Gasteiger partial charge in [0.1, 0.15) is 0 Å². The summed E-state index contributed by atoms with van der Waals surface area (Å²) >= 11 is 1.28. The first-order valence-corrected chi connectivity index (χ1v) is 2.96. The van der Waals surface area contributed by atoms with Crippen LogP contribution in [0.2, 0.25) is 0 Å². The van der Waals surface area contributed by atoms with Gasteiger partial charge in [-0.2, -0.15) is 0 Å². The van der Waals surface area contributed by atoms with Crippen LogP contribution in [0.4, 0.5) is 0 Å². The Morgan fingerprint density at radius 2 is 2.43 bits per heavy atom. The van der Waals surface area contributed by atoms with E-state index in [0.717, 1.165) is 0 Å². The minimum atomic E-state index is 1.28. The number of hydrogen-bond acceptors (Lipinski definition) is 2. The van der Waals surface area contributed by atoms with Crippen LogP contribution in [0.5, 0.6) is 0 Å². The molecule has 0 saturated heterocycles. The van der Waals surface area contributed by atoms with Gasteiger partial charge in [0.05, 0.1) is 0 Å². The Bertz CT molecular complexity index is 72.1. The topological polar surface area (TPSA) is 9.23 Å². The van der Waals surface area contributed by atoms with Gasteiger partial charge in [0.25, 0.3) is 0 Å². The molecule has 0 heterocycles. The molecule has 0 aromatic heterocycles. The Morgan fingerprint density at radius 1 is 1.71 bits per heavy atom. The zero-order valence-corrected chi connectivity index (χ0v) is 4.94. The van der Waals surface area contributed by atoms with Crippen molar-refractivity contribution in [2.75, 3.05) is 6.26 Å². The molecule has 0 N–H and O–H groups in total. The van der Waals surface area contributed by atoms with E-state index in [1.54, 1.807) is 6.69 Å². The van der Waals surface area contributed by atoms with Crippen molar-refractivity contribution in [3.8, 4) is 0 Å². The molecule has 0 aromatic rings. The van der Waals surface area contributed by atoms with Crippen LogP contribution >= 0.6 is 12.0 Å². The van der Waals surface area contributed by atoms with Crippen LogP contribution in [0.1, 0.15) is 0 Å². The minimum absolute atomic E-state index is 1.28. The molecule has 0 unspecified atom stereocenters. The van der Waals surface area contributed by atoms with Gasteiger partial charge in [0, 0.05) is 0 Å². The van der Waals surface area contributed by atoms with Crippen LogP contribution in [0.3, 0.4) is 0 Å². The fourth-order valence-corrected chi connectivity index (χ4v) is 0.308. The van der Waals surface area contributed by atoms with E-state index in [-0.39, 0.29) is 0 Å². The second kappa shape index (κ2) is 6.41. The zero-order valence-electron chi connectivity index (χ0n) is 4.13. The summed E-state index contributed by atoms with van der Waals surface area (Å²) in [7, 11) is 6.49. The van der Waals surface area contributed by atoms with E-state index in [1.165, 1.54) is 25.7 Å². The van der Waals surface area contributed by atoms with Gasteiger partial charge < -0.3 is 0 Å². The van der Waals surface area contributed by atoms with E-state index < -0.39 is 0 Å². The molecule has 1 nitrogen and oxygen atoms in total. The molecule has 0 rings (SSSR count). The maximum absolute atomic E-state index is 4.97. The fraction of sp³-hybridized carbons (Fsp3) is 1.00. The van der Waals surface area contributed by atoms with Crippen molar-refractivity contribution >= 4 is 39.8 Å². The molecule has 0 fully saturated rings. The van der Waals surface area contributed by atoms with Crippen LogP contribution in [0.15, 0.2) is 0 Å². The van der Waals surface area contributed by atoms with Crippen LogP contribution in [0, 0.1) is 0 Å². The maximum atomic E-state index is 4.97. The molecular formula is CH3B4OS. The van der Waals surface area contributed by atoms with E-state index in [2.05, 4.69) is 0 Å². The van der Waals surface area contributed by atoms with E-state index in [1.807, 2.05) is 6.26 Å². The third kappa shape index (κ3) is 6.41. The summed E-state index contributed by atoms with van der Waals surface area (Å²) in [5, 5.41) is 0. The van der Waals surface area contributed by atoms with Gasteiger partial charge in [-0.05, 0) is 0 Å². The first-order valence-electron chi connectivity index (χ1n) is 1.81. The summed E-state index contributed by atoms with van der Waals surface area (Å²) in [6.45, 7) is 3.03. The summed E-state index contributed by atoms with van der Waals surface area (Å²) in [5.74, 6) is 0. The van der Waals surface area contributed by atoms with Gasteiger partial charge in [-0.1, -0.05) is 0 Å². The predicted molar refractivity (Wildman–Crippen MR) is 37.6 cm³/mol. The zero-order chi connectivity index (χ0) is 5.54. The molecule has 0 atom stereocenters. The molecule has 0 aliphatic heterocycles. The Balaban J connectivity index is 2.92. The SMILES string of the molecule is [B]=BB=BOSC. The molecule has 7 heavy (non-hydrogen) atoms. The molecule has 0 spiro atoms. The van der Waals surface area contributed by atoms with Gasteiger partial charge >= 0.3 is 50.2 Å². The molecule has 0 bridgehead atoms. The summed E-state index contributed by atoms with van der Waals surface area (Å²) in [6.07, 6.45) is 1.83. The molecular weight excluding hydrogens is 103 g/mol. The van der Waals surface area contributed by atoms with E-state index in [0.29, 0.717) is 0 Å². The fourth-order valence-electron chi connectivity index (χ4n) is 0.133. The van der Waals surface area contributed by atoms with Crippen molar-refractivity contribution in [3.63, 3.8) is 0 Å². The Kier molecular flexibility index (Phi) is 6.78. The van der Waals surface area contributed by atoms with Gasteiger partial charge in [-0.15, -0.1) is 0 Å². The van der Waals surface area contributed by atoms with E-state index >= 15 is 0 Å². The first-order chi connectivity index (χ1) is 3.41. The van der Waals surface area contributed by atoms with Crippen LogP contribution in [0.25, 0.3) is 0 Å². The third-order valence-corrected chi connectivity index (χ3v) is 0.645. The summed E-state index contributed by atoms with van der Waals surface area (Å²) in [6, 6.07) is 0. The molecule has 6 heteroatoms. The molecule has 0 aliphatic rings. The summed E-state index contributed by atoms with van der Waals surface area (Å²) in [5.41, 5.74) is 0. The van der Waals surface area contributed by atoms with Gasteiger partial charge in [0.2, 0.25) is 0 Å². The van der Waals surface area contributed by atoms with Crippen molar-refractivity contribution in [1.29, 1.82) is 0 Å². The molecule has 31 valence electrons. The monoisotopic (exact) mass is 107 g/mol. The van der Waals surface area contributed by atoms with Gasteiger partial charge in [-0.25, -0.2) is 0 Å². The van der Waals surface area contributed by atoms with Crippen molar-refractivity contribution in [1.82, 2.24) is 0 Å². The Morgan fingerprint density at radius 3 is 2.86 bits per heavy atom. The summed E-state index contributed by atoms with van der Waals surface area (Å²) < 4.78 is 4.70. The van der Waals surface area contributed by atoms with E-state index in [4.69, 9.17) is 11.5 Å². The second-order valence-corrected chi connectivity index (χ2v) is 1.31. The Labute approximate surface area is 50.8 Å². The van der Waals surface area contributed by atoms with Crippen molar-refractivity contribution in [2.45, 2.75) is 0 Å². The number of hydrogen-bond donors (Lipinski definition) is 0. The third-order valence-electron chi connectivity index (χ3n) is 0.341. The second-order valence-electron chi connectivity index (χ2n) is 0.784. The summed E-state index contributed by atoms with van der Waals surface area (Å²) in [4.78, 5) is 0. The normalized spacial score (nSPS) is 6.29.